The molecule has 1 aromatic heterocycles. The Hall–Kier alpha value is -1.74. The Bertz CT molecular complexity index is 620. The zero-order chi connectivity index (χ0) is 14.6. The monoisotopic (exact) mass is 311 g/mol. The van der Waals surface area contributed by atoms with E-state index >= 15 is 0 Å². The molecule has 4 atom stereocenters. The molecule has 0 spiro atoms. The fourth-order valence-corrected chi connectivity index (χ4v) is 4.06. The Labute approximate surface area is 124 Å². The van der Waals surface area contributed by atoms with E-state index in [1.165, 1.54) is 7.11 Å². The second-order valence-corrected chi connectivity index (χ2v) is 5.97. The third-order valence-electron chi connectivity index (χ3n) is 4.39. The van der Waals surface area contributed by atoms with Crippen LogP contribution in [0.1, 0.15) is 18.5 Å². The van der Waals surface area contributed by atoms with E-state index in [0.29, 0.717) is 23.9 Å². The van der Waals surface area contributed by atoms with Gasteiger partial charge >= 0.3 is 11.9 Å². The fourth-order valence-electron chi connectivity index (χ4n) is 3.50. The van der Waals surface area contributed by atoms with Gasteiger partial charge in [-0.25, -0.2) is 9.59 Å². The summed E-state index contributed by atoms with van der Waals surface area (Å²) in [5.41, 5.74) is -0.780. The summed E-state index contributed by atoms with van der Waals surface area (Å²) in [5, 5.41) is 0. The Kier molecular flexibility index (Phi) is 2.70. The Morgan fingerprint density at radius 1 is 1.38 bits per heavy atom. The van der Waals surface area contributed by atoms with Crippen molar-refractivity contribution in [2.75, 3.05) is 20.2 Å². The van der Waals surface area contributed by atoms with E-state index < -0.39 is 23.8 Å². The van der Waals surface area contributed by atoms with Crippen LogP contribution in [0.25, 0.3) is 0 Å². The van der Waals surface area contributed by atoms with Gasteiger partial charge in [-0.05, 0) is 18.8 Å². The van der Waals surface area contributed by atoms with Gasteiger partial charge in [-0.1, -0.05) is 0 Å². The largest absolute Gasteiger partial charge is 0.479 e. The molecule has 3 aliphatic heterocycles. The van der Waals surface area contributed by atoms with E-state index in [2.05, 4.69) is 8.75 Å². The van der Waals surface area contributed by atoms with Crippen molar-refractivity contribution in [3.8, 4) is 5.88 Å². The van der Waals surface area contributed by atoms with Gasteiger partial charge in [0.05, 0.1) is 18.8 Å². The van der Waals surface area contributed by atoms with E-state index in [9.17, 15) is 9.59 Å². The minimum atomic E-state index is -1.20. The zero-order valence-electron chi connectivity index (χ0n) is 11.3. The number of carbonyl (C=O) groups excluding carboxylic acids is 2. The van der Waals surface area contributed by atoms with E-state index in [1.54, 1.807) is 0 Å². The number of carbonyl (C=O) groups is 2. The van der Waals surface area contributed by atoms with Crippen molar-refractivity contribution in [1.29, 1.82) is 0 Å². The van der Waals surface area contributed by atoms with Crippen LogP contribution in [0, 0.1) is 5.92 Å². The molecule has 0 saturated carbocycles. The highest BCUT2D eigenvalue weighted by molar-refractivity contribution is 6.99. The SMILES string of the molecule is COc1nsnc1C12OC(=O)C(=O)OC1CC1CCN2C1. The Morgan fingerprint density at radius 2 is 2.24 bits per heavy atom. The second kappa shape index (κ2) is 4.38. The number of hydrogen-bond donors (Lipinski definition) is 0. The topological polar surface area (TPSA) is 90.9 Å². The smallest absolute Gasteiger partial charge is 0.419 e. The summed E-state index contributed by atoms with van der Waals surface area (Å²) >= 11 is 0.980. The van der Waals surface area contributed by atoms with Gasteiger partial charge in [0.25, 0.3) is 11.6 Å². The molecule has 0 aliphatic carbocycles. The highest BCUT2D eigenvalue weighted by Gasteiger charge is 2.63. The lowest BCUT2D eigenvalue weighted by molar-refractivity contribution is -0.261. The summed E-state index contributed by atoms with van der Waals surface area (Å²) in [7, 11) is 1.48. The van der Waals surface area contributed by atoms with Crippen LogP contribution in [0.15, 0.2) is 0 Å². The average Bonchev–Trinajstić information content (AvgIpc) is 3.10. The molecule has 3 saturated heterocycles. The van der Waals surface area contributed by atoms with Crippen molar-refractivity contribution in [1.82, 2.24) is 13.6 Å². The van der Waals surface area contributed by atoms with Crippen LogP contribution >= 0.6 is 11.7 Å². The lowest BCUT2D eigenvalue weighted by Crippen LogP contribution is -2.64. The summed E-state index contributed by atoms with van der Waals surface area (Å²) in [6.07, 6.45) is 1.06. The fraction of sp³-hybridized carbons (Fsp3) is 0.667. The number of nitrogens with zero attached hydrogens (tertiary/aromatic N) is 3. The maximum Gasteiger partial charge on any atom is 0.419 e. The molecule has 4 unspecified atom stereocenters. The molecule has 4 heterocycles. The number of esters is 2. The standard InChI is InChI=1S/C12H13N3O5S/c1-18-9-8(13-21-14-9)12-7(19-10(16)11(17)20-12)4-6-2-3-15(12)5-6/h6-7H,2-5H2,1H3. The third-order valence-corrected chi connectivity index (χ3v) is 4.91. The molecule has 2 bridgehead atoms. The summed E-state index contributed by atoms with van der Waals surface area (Å²) in [5.74, 6) is -1.20. The summed E-state index contributed by atoms with van der Waals surface area (Å²) in [4.78, 5) is 25.4. The highest BCUT2D eigenvalue weighted by Crippen LogP contribution is 2.49. The van der Waals surface area contributed by atoms with Crippen LogP contribution in [0.4, 0.5) is 0 Å². The van der Waals surface area contributed by atoms with Gasteiger partial charge in [-0.2, -0.15) is 4.37 Å². The lowest BCUT2D eigenvalue weighted by Gasteiger charge is -2.48. The van der Waals surface area contributed by atoms with Crippen LogP contribution in [0.3, 0.4) is 0 Å². The third kappa shape index (κ3) is 1.64. The molecule has 0 amide bonds. The zero-order valence-corrected chi connectivity index (χ0v) is 12.1. The average molecular weight is 311 g/mol. The molecular weight excluding hydrogens is 298 g/mol. The predicted octanol–water partition coefficient (Wildman–Crippen LogP) is -0.106. The summed E-state index contributed by atoms with van der Waals surface area (Å²) in [6, 6.07) is 0. The van der Waals surface area contributed by atoms with Crippen LogP contribution in [-0.4, -0.2) is 51.9 Å². The number of rotatable bonds is 2. The maximum atomic E-state index is 11.8. The first-order valence-electron chi connectivity index (χ1n) is 6.71. The quantitative estimate of drug-likeness (QED) is 0.552. The van der Waals surface area contributed by atoms with Crippen LogP contribution in [0.2, 0.25) is 0 Å². The Balaban J connectivity index is 1.87. The number of piperidine rings is 1. The molecule has 112 valence electrons. The number of hydrogen-bond acceptors (Lipinski definition) is 9. The molecule has 9 heteroatoms. The summed E-state index contributed by atoms with van der Waals surface area (Å²) < 4.78 is 24.4. The lowest BCUT2D eigenvalue weighted by atomic mass is 9.87. The van der Waals surface area contributed by atoms with Crippen molar-refractivity contribution in [2.45, 2.75) is 24.7 Å². The molecule has 0 radical (unpaired) electrons. The predicted molar refractivity (Wildman–Crippen MR) is 68.4 cm³/mol. The molecule has 8 nitrogen and oxygen atoms in total. The molecule has 1 aromatic rings. The Morgan fingerprint density at radius 3 is 3.05 bits per heavy atom. The van der Waals surface area contributed by atoms with Gasteiger partial charge in [0.15, 0.2) is 11.8 Å². The molecule has 4 rings (SSSR count). The van der Waals surface area contributed by atoms with Crippen molar-refractivity contribution >= 4 is 23.7 Å². The first-order valence-corrected chi connectivity index (χ1v) is 7.44. The van der Waals surface area contributed by atoms with Gasteiger partial charge in [-0.15, -0.1) is 4.37 Å². The number of fused-ring (bicyclic) bond motifs is 4. The van der Waals surface area contributed by atoms with Crippen LogP contribution < -0.4 is 4.74 Å². The van der Waals surface area contributed by atoms with E-state index in [0.717, 1.165) is 31.2 Å². The molecule has 3 aliphatic rings. The van der Waals surface area contributed by atoms with Crippen LogP contribution in [-0.2, 0) is 24.8 Å². The first-order chi connectivity index (χ1) is 10.1. The number of aromatic nitrogens is 2. The van der Waals surface area contributed by atoms with Crippen molar-refractivity contribution < 1.29 is 23.8 Å². The molecule has 0 N–H and O–H groups in total. The van der Waals surface area contributed by atoms with E-state index in [-0.39, 0.29) is 0 Å². The minimum Gasteiger partial charge on any atom is -0.479 e. The van der Waals surface area contributed by atoms with Gasteiger partial charge in [0, 0.05) is 13.1 Å². The van der Waals surface area contributed by atoms with Crippen molar-refractivity contribution in [3.05, 3.63) is 5.69 Å². The molecular formula is C12H13N3O5S. The second-order valence-electron chi connectivity index (χ2n) is 5.44. The van der Waals surface area contributed by atoms with Gasteiger partial charge in [0.1, 0.15) is 0 Å². The van der Waals surface area contributed by atoms with E-state index in [1.807, 2.05) is 4.90 Å². The molecule has 0 aromatic carbocycles. The van der Waals surface area contributed by atoms with Crippen molar-refractivity contribution in [3.63, 3.8) is 0 Å². The highest BCUT2D eigenvalue weighted by atomic mass is 32.1. The van der Waals surface area contributed by atoms with E-state index in [4.69, 9.17) is 14.2 Å². The van der Waals surface area contributed by atoms with Gasteiger partial charge < -0.3 is 14.2 Å². The van der Waals surface area contributed by atoms with Gasteiger partial charge in [-0.3, -0.25) is 4.90 Å². The summed E-state index contributed by atoms with van der Waals surface area (Å²) in [6.45, 7) is 1.54. The normalized spacial score (nSPS) is 37.7. The van der Waals surface area contributed by atoms with Gasteiger partial charge in [0.2, 0.25) is 0 Å². The number of ether oxygens (including phenoxy) is 3. The molecule has 3 fully saturated rings. The van der Waals surface area contributed by atoms with Crippen LogP contribution in [0.5, 0.6) is 5.88 Å². The van der Waals surface area contributed by atoms with Crippen molar-refractivity contribution in [2.24, 2.45) is 5.92 Å². The maximum absolute atomic E-state index is 11.8. The first kappa shape index (κ1) is 13.0. The number of methoxy groups -OCH3 is 1. The molecule has 21 heavy (non-hydrogen) atoms. The minimum absolute atomic E-state index is 0.307.